The van der Waals surface area contributed by atoms with Crippen LogP contribution in [0.1, 0.15) is 25.7 Å². The number of benzene rings is 2. The van der Waals surface area contributed by atoms with E-state index in [0.29, 0.717) is 46.4 Å². The van der Waals surface area contributed by atoms with Crippen molar-refractivity contribution in [3.8, 4) is 0 Å². The maximum atomic E-state index is 13.1. The molecule has 0 aliphatic carbocycles. The molecule has 0 bridgehead atoms. The highest BCUT2D eigenvalue weighted by atomic mass is 35.5. The molecule has 2 atom stereocenters. The predicted octanol–water partition coefficient (Wildman–Crippen LogP) is 3.70. The lowest BCUT2D eigenvalue weighted by Crippen LogP contribution is -2.54. The van der Waals surface area contributed by atoms with Gasteiger partial charge in [0.15, 0.2) is 0 Å². The van der Waals surface area contributed by atoms with E-state index in [9.17, 15) is 13.2 Å². The zero-order valence-electron chi connectivity index (χ0n) is 18.0. The number of hydrogen-bond donors (Lipinski definition) is 0. The Kier molecular flexibility index (Phi) is 6.35. The first-order chi connectivity index (χ1) is 15.1. The molecule has 7 nitrogen and oxygen atoms in total. The quantitative estimate of drug-likeness (QED) is 0.552. The van der Waals surface area contributed by atoms with E-state index in [1.165, 1.54) is 16.4 Å². The summed E-state index contributed by atoms with van der Waals surface area (Å²) in [7, 11) is -1.92. The summed E-state index contributed by atoms with van der Waals surface area (Å²) in [5.41, 5.74) is 0.421. The van der Waals surface area contributed by atoms with E-state index in [1.54, 1.807) is 41.9 Å². The first-order valence-electron chi connectivity index (χ1n) is 10.3. The molecule has 2 heterocycles. The third-order valence-corrected chi connectivity index (χ3v) is 8.53. The number of piperazine rings is 1. The molecular formula is C22H24Cl2N4O3S. The molecule has 1 fully saturated rings. The average molecular weight is 495 g/mol. The molecular weight excluding hydrogens is 471 g/mol. The summed E-state index contributed by atoms with van der Waals surface area (Å²) >= 11 is 12.0. The van der Waals surface area contributed by atoms with E-state index in [2.05, 4.69) is 4.90 Å². The van der Waals surface area contributed by atoms with Crippen molar-refractivity contribution in [2.24, 2.45) is 7.05 Å². The smallest absolute Gasteiger partial charge is 0.261 e. The molecule has 1 aliphatic heterocycles. The molecule has 4 rings (SSSR count). The van der Waals surface area contributed by atoms with Gasteiger partial charge in [0.1, 0.15) is 5.82 Å². The molecule has 0 radical (unpaired) electrons. The fourth-order valence-electron chi connectivity index (χ4n) is 4.22. The van der Waals surface area contributed by atoms with E-state index in [0.717, 1.165) is 0 Å². The minimum absolute atomic E-state index is 0.134. The Morgan fingerprint density at radius 3 is 2.38 bits per heavy atom. The summed E-state index contributed by atoms with van der Waals surface area (Å²) in [5, 5.41) is 1.53. The molecule has 2 unspecified atom stereocenters. The van der Waals surface area contributed by atoms with Crippen LogP contribution in [0, 0.1) is 0 Å². The maximum Gasteiger partial charge on any atom is 0.261 e. The van der Waals surface area contributed by atoms with Gasteiger partial charge in [0.2, 0.25) is 10.0 Å². The second kappa shape index (κ2) is 8.76. The van der Waals surface area contributed by atoms with Gasteiger partial charge >= 0.3 is 0 Å². The summed E-state index contributed by atoms with van der Waals surface area (Å²) in [5.74, 6) is 0.617. The highest BCUT2D eigenvalue weighted by molar-refractivity contribution is 7.89. The first-order valence-corrected chi connectivity index (χ1v) is 12.5. The van der Waals surface area contributed by atoms with Crippen LogP contribution in [0.3, 0.4) is 0 Å². The average Bonchev–Trinajstić information content (AvgIpc) is 2.75. The van der Waals surface area contributed by atoms with Crippen LogP contribution in [0.2, 0.25) is 10.0 Å². The Balaban J connectivity index is 1.59. The zero-order chi connectivity index (χ0) is 23.2. The first kappa shape index (κ1) is 23.2. The van der Waals surface area contributed by atoms with Crippen molar-refractivity contribution in [2.75, 3.05) is 19.6 Å². The van der Waals surface area contributed by atoms with Crippen LogP contribution >= 0.6 is 23.2 Å². The number of hydrogen-bond acceptors (Lipinski definition) is 5. The van der Waals surface area contributed by atoms with Crippen LogP contribution in [-0.2, 0) is 17.1 Å². The Morgan fingerprint density at radius 1 is 1.06 bits per heavy atom. The molecule has 0 N–H and O–H groups in total. The van der Waals surface area contributed by atoms with E-state index >= 15 is 0 Å². The molecule has 170 valence electrons. The van der Waals surface area contributed by atoms with Crippen LogP contribution in [0.5, 0.6) is 0 Å². The van der Waals surface area contributed by atoms with Crippen molar-refractivity contribution in [1.29, 1.82) is 0 Å². The van der Waals surface area contributed by atoms with Crippen molar-refractivity contribution in [1.82, 2.24) is 18.8 Å². The van der Waals surface area contributed by atoms with Crippen molar-refractivity contribution in [2.45, 2.75) is 30.8 Å². The van der Waals surface area contributed by atoms with E-state index in [1.807, 2.05) is 13.8 Å². The SMILES string of the molecule is CC(c1nc2cc(Cl)ccc2c(=O)n1C)N1CCN(S(=O)(=O)c2ccc(Cl)cc2)C(C)C1. The van der Waals surface area contributed by atoms with Gasteiger partial charge in [-0.2, -0.15) is 4.31 Å². The lowest BCUT2D eigenvalue weighted by Gasteiger charge is -2.41. The largest absolute Gasteiger partial charge is 0.298 e. The number of halogens is 2. The summed E-state index contributed by atoms with van der Waals surface area (Å²) in [6.45, 7) is 5.23. The summed E-state index contributed by atoms with van der Waals surface area (Å²) in [6, 6.07) is 10.8. The predicted molar refractivity (Wildman–Crippen MR) is 127 cm³/mol. The molecule has 32 heavy (non-hydrogen) atoms. The monoisotopic (exact) mass is 494 g/mol. The minimum Gasteiger partial charge on any atom is -0.298 e. The molecule has 1 aromatic heterocycles. The van der Waals surface area contributed by atoms with Gasteiger partial charge in [0.05, 0.1) is 21.8 Å². The second-order valence-electron chi connectivity index (χ2n) is 8.09. The number of nitrogens with zero attached hydrogens (tertiary/aromatic N) is 4. The van der Waals surface area contributed by atoms with E-state index in [-0.39, 0.29) is 22.5 Å². The van der Waals surface area contributed by atoms with E-state index in [4.69, 9.17) is 28.2 Å². The van der Waals surface area contributed by atoms with Crippen molar-refractivity contribution in [3.05, 3.63) is 68.7 Å². The van der Waals surface area contributed by atoms with Crippen molar-refractivity contribution >= 4 is 44.1 Å². The summed E-state index contributed by atoms with van der Waals surface area (Å²) in [6.07, 6.45) is 0. The lowest BCUT2D eigenvalue weighted by atomic mass is 10.1. The molecule has 0 saturated carbocycles. The second-order valence-corrected chi connectivity index (χ2v) is 10.8. The van der Waals surface area contributed by atoms with Crippen LogP contribution in [-0.4, -0.2) is 52.9 Å². The Labute approximate surface area is 197 Å². The van der Waals surface area contributed by atoms with Gasteiger partial charge in [0, 0.05) is 42.8 Å². The van der Waals surface area contributed by atoms with Crippen molar-refractivity contribution < 1.29 is 8.42 Å². The van der Waals surface area contributed by atoms with Gasteiger partial charge in [0.25, 0.3) is 5.56 Å². The number of sulfonamides is 1. The lowest BCUT2D eigenvalue weighted by molar-refractivity contribution is 0.104. The molecule has 0 amide bonds. The van der Waals surface area contributed by atoms with Gasteiger partial charge in [-0.3, -0.25) is 14.3 Å². The highest BCUT2D eigenvalue weighted by Crippen LogP contribution is 2.27. The molecule has 2 aromatic carbocycles. The Bertz CT molecular complexity index is 1330. The normalized spacial score (nSPS) is 19.3. The van der Waals surface area contributed by atoms with Gasteiger partial charge < -0.3 is 0 Å². The Morgan fingerprint density at radius 2 is 1.72 bits per heavy atom. The molecule has 1 saturated heterocycles. The van der Waals surface area contributed by atoms with Gasteiger partial charge in [-0.25, -0.2) is 13.4 Å². The third-order valence-electron chi connectivity index (χ3n) is 6.01. The Hall–Kier alpha value is -1.97. The van der Waals surface area contributed by atoms with E-state index < -0.39 is 10.0 Å². The fourth-order valence-corrected chi connectivity index (χ4v) is 6.12. The minimum atomic E-state index is -3.63. The number of fused-ring (bicyclic) bond motifs is 1. The van der Waals surface area contributed by atoms with Gasteiger partial charge in [-0.15, -0.1) is 0 Å². The van der Waals surface area contributed by atoms with Crippen LogP contribution in [0.4, 0.5) is 0 Å². The summed E-state index contributed by atoms with van der Waals surface area (Å²) in [4.78, 5) is 19.9. The van der Waals surface area contributed by atoms with Crippen LogP contribution in [0.15, 0.2) is 52.2 Å². The number of aromatic nitrogens is 2. The molecule has 3 aromatic rings. The van der Waals surface area contributed by atoms with Crippen LogP contribution < -0.4 is 5.56 Å². The highest BCUT2D eigenvalue weighted by Gasteiger charge is 2.36. The third kappa shape index (κ3) is 4.18. The van der Waals surface area contributed by atoms with Crippen molar-refractivity contribution in [3.63, 3.8) is 0 Å². The summed E-state index contributed by atoms with van der Waals surface area (Å²) < 4.78 is 29.3. The zero-order valence-corrected chi connectivity index (χ0v) is 20.3. The van der Waals surface area contributed by atoms with Gasteiger partial charge in [-0.1, -0.05) is 23.2 Å². The molecule has 1 aliphatic rings. The maximum absolute atomic E-state index is 13.1. The standard InChI is InChI=1S/C22H24Cl2N4O3S/c1-14-13-27(10-11-28(14)32(30,31)18-7-4-16(23)5-8-18)15(2)21-25-20-12-17(24)6-9-19(20)22(29)26(21)3/h4-9,12,14-15H,10-11,13H2,1-3H3. The van der Waals surface area contributed by atoms with Gasteiger partial charge in [-0.05, 0) is 56.3 Å². The fraction of sp³-hybridized carbons (Fsp3) is 0.364. The van der Waals surface area contributed by atoms with Crippen LogP contribution in [0.25, 0.3) is 10.9 Å². The molecule has 0 spiro atoms. The topological polar surface area (TPSA) is 75.5 Å². The number of rotatable bonds is 4. The molecule has 10 heteroatoms.